The highest BCUT2D eigenvalue weighted by Gasteiger charge is 2.24. The first-order valence-electron chi connectivity index (χ1n) is 13.9. The van der Waals surface area contributed by atoms with Gasteiger partial charge in [-0.05, 0) is 57.4 Å². The third-order valence-corrected chi connectivity index (χ3v) is 7.99. The summed E-state index contributed by atoms with van der Waals surface area (Å²) in [4.78, 5) is 44.2. The zero-order valence-electron chi connectivity index (χ0n) is 26.1. The highest BCUT2D eigenvalue weighted by Crippen LogP contribution is 2.30. The number of carbonyl (C=O) groups excluding carboxylic acids is 1. The topological polar surface area (TPSA) is 134 Å². The average Bonchev–Trinajstić information content (AvgIpc) is 3.62. The maximum absolute atomic E-state index is 14.0. The van der Waals surface area contributed by atoms with Crippen molar-refractivity contribution in [2.75, 3.05) is 34.0 Å². The predicted octanol–water partition coefficient (Wildman–Crippen LogP) is 2.83. The summed E-state index contributed by atoms with van der Waals surface area (Å²) < 4.78 is 26.3. The molecule has 15 heteroatoms. The summed E-state index contributed by atoms with van der Waals surface area (Å²) in [6.45, 7) is 8.39. The van der Waals surface area contributed by atoms with Crippen molar-refractivity contribution in [1.82, 2.24) is 29.0 Å². The number of aliphatic hydroxyl groups is 1. The fourth-order valence-corrected chi connectivity index (χ4v) is 5.87. The SMILES string of the molecule is CCCN(C(=O)Cn1c(=O)c2c(C)c(-n3nccn3)sc2n(CCc2cc(F)ccc2OC)c1=O)C(C)C.COCCO.P. The largest absolute Gasteiger partial charge is 0.496 e. The lowest BCUT2D eigenvalue weighted by Crippen LogP contribution is -2.46. The van der Waals surface area contributed by atoms with E-state index in [4.69, 9.17) is 9.84 Å². The van der Waals surface area contributed by atoms with Gasteiger partial charge < -0.3 is 19.5 Å². The fourth-order valence-electron chi connectivity index (χ4n) is 4.63. The lowest BCUT2D eigenvalue weighted by Gasteiger charge is -2.26. The third-order valence-electron chi connectivity index (χ3n) is 6.71. The molecule has 0 spiro atoms. The number of rotatable bonds is 12. The van der Waals surface area contributed by atoms with Gasteiger partial charge in [-0.25, -0.2) is 9.18 Å². The standard InChI is InChI=1S/C26H31FN6O4S.C3H8O2.H3P/c1-6-12-30(16(2)3)21(34)15-32-23(35)22-17(4)24(33-28-10-11-29-33)38-25(22)31(26(32)36)13-9-18-14-19(27)7-8-20(18)37-5;1-5-3-2-4;/h7-8,10-11,14,16H,6,9,12-13,15H2,1-5H3;4H,2-3H2,1H3;1H3. The summed E-state index contributed by atoms with van der Waals surface area (Å²) in [5.41, 5.74) is 0.0502. The molecule has 0 saturated heterocycles. The van der Waals surface area contributed by atoms with Crippen LogP contribution in [0.2, 0.25) is 0 Å². The summed E-state index contributed by atoms with van der Waals surface area (Å²) in [6, 6.07) is 4.13. The van der Waals surface area contributed by atoms with Crippen molar-refractivity contribution in [1.29, 1.82) is 0 Å². The van der Waals surface area contributed by atoms with Crippen LogP contribution in [-0.4, -0.2) is 80.1 Å². The van der Waals surface area contributed by atoms with Crippen molar-refractivity contribution in [2.45, 2.75) is 59.7 Å². The minimum absolute atomic E-state index is 0. The van der Waals surface area contributed by atoms with Gasteiger partial charge in [0.1, 0.15) is 27.9 Å². The van der Waals surface area contributed by atoms with Gasteiger partial charge in [0.25, 0.3) is 5.56 Å². The van der Waals surface area contributed by atoms with Gasteiger partial charge in [-0.2, -0.15) is 20.1 Å². The summed E-state index contributed by atoms with van der Waals surface area (Å²) in [5.74, 6) is -0.228. The van der Waals surface area contributed by atoms with Gasteiger partial charge in [-0.1, -0.05) is 18.3 Å². The Morgan fingerprint density at radius 2 is 1.84 bits per heavy atom. The minimum Gasteiger partial charge on any atom is -0.496 e. The Labute approximate surface area is 262 Å². The van der Waals surface area contributed by atoms with Crippen molar-refractivity contribution < 1.29 is 23.8 Å². The van der Waals surface area contributed by atoms with E-state index in [9.17, 15) is 18.8 Å². The van der Waals surface area contributed by atoms with Crippen LogP contribution >= 0.6 is 21.2 Å². The molecule has 3 heterocycles. The number of benzene rings is 1. The van der Waals surface area contributed by atoms with E-state index >= 15 is 0 Å². The van der Waals surface area contributed by atoms with Gasteiger partial charge in [-0.3, -0.25) is 18.7 Å². The second-order valence-corrected chi connectivity index (χ2v) is 10.9. The van der Waals surface area contributed by atoms with Gasteiger partial charge in [-0.15, -0.1) is 4.80 Å². The van der Waals surface area contributed by atoms with Crippen LogP contribution in [-0.2, 0) is 29.0 Å². The molecule has 1 unspecified atom stereocenters. The fraction of sp³-hybridized carbons (Fsp3) is 0.483. The quantitative estimate of drug-likeness (QED) is 0.231. The molecular weight excluding hydrogens is 610 g/mol. The smallest absolute Gasteiger partial charge is 0.332 e. The van der Waals surface area contributed by atoms with E-state index in [0.717, 1.165) is 11.0 Å². The number of thiophene rings is 1. The number of halogens is 1. The molecule has 0 fully saturated rings. The zero-order valence-corrected chi connectivity index (χ0v) is 28.3. The minimum atomic E-state index is -0.604. The number of amides is 1. The first-order valence-corrected chi connectivity index (χ1v) is 14.8. The zero-order chi connectivity index (χ0) is 31.7. The molecule has 1 aromatic carbocycles. The molecule has 4 rings (SSSR count). The number of methoxy groups -OCH3 is 2. The van der Waals surface area contributed by atoms with Crippen LogP contribution in [0.1, 0.15) is 38.3 Å². The number of aliphatic hydroxyl groups excluding tert-OH is 1. The average molecular weight is 653 g/mol. The Morgan fingerprint density at radius 1 is 1.16 bits per heavy atom. The first-order chi connectivity index (χ1) is 20.6. The second kappa shape index (κ2) is 17.1. The van der Waals surface area contributed by atoms with Gasteiger partial charge in [0.2, 0.25) is 5.91 Å². The Morgan fingerprint density at radius 3 is 2.39 bits per heavy atom. The molecule has 0 saturated carbocycles. The Kier molecular flexibility index (Phi) is 14.3. The lowest BCUT2D eigenvalue weighted by atomic mass is 10.1. The summed E-state index contributed by atoms with van der Waals surface area (Å²) >= 11 is 1.22. The molecule has 0 aliphatic rings. The van der Waals surface area contributed by atoms with Crippen LogP contribution in [0.5, 0.6) is 5.75 Å². The van der Waals surface area contributed by atoms with E-state index in [2.05, 4.69) is 14.9 Å². The van der Waals surface area contributed by atoms with E-state index in [-0.39, 0.29) is 48.0 Å². The van der Waals surface area contributed by atoms with Gasteiger partial charge >= 0.3 is 5.69 Å². The molecule has 4 aromatic rings. The third kappa shape index (κ3) is 8.38. The summed E-state index contributed by atoms with van der Waals surface area (Å²) in [6.07, 6.45) is 4.07. The predicted molar refractivity (Wildman–Crippen MR) is 174 cm³/mol. The number of carbonyl (C=O) groups is 1. The van der Waals surface area contributed by atoms with Crippen molar-refractivity contribution >= 4 is 37.4 Å². The maximum Gasteiger partial charge on any atom is 0.332 e. The molecule has 242 valence electrons. The monoisotopic (exact) mass is 652 g/mol. The number of aryl methyl sites for hydroxylation is 3. The normalized spacial score (nSPS) is 10.8. The summed E-state index contributed by atoms with van der Waals surface area (Å²) in [5, 5.41) is 17.2. The van der Waals surface area contributed by atoms with Crippen molar-refractivity contribution in [2.24, 2.45) is 0 Å². The van der Waals surface area contributed by atoms with Crippen molar-refractivity contribution in [3.8, 4) is 10.8 Å². The van der Waals surface area contributed by atoms with Crippen LogP contribution in [0.15, 0.2) is 40.2 Å². The molecule has 12 nitrogen and oxygen atoms in total. The molecule has 0 bridgehead atoms. The van der Waals surface area contributed by atoms with Crippen molar-refractivity contribution in [3.63, 3.8) is 0 Å². The van der Waals surface area contributed by atoms with Crippen LogP contribution < -0.4 is 16.0 Å². The van der Waals surface area contributed by atoms with E-state index in [1.807, 2.05) is 20.8 Å². The molecule has 3 aromatic heterocycles. The van der Waals surface area contributed by atoms with E-state index < -0.39 is 17.1 Å². The van der Waals surface area contributed by atoms with Crippen LogP contribution in [0.25, 0.3) is 15.2 Å². The Hall–Kier alpha value is -3.45. The molecule has 1 amide bonds. The van der Waals surface area contributed by atoms with Crippen LogP contribution in [0.3, 0.4) is 0 Å². The number of nitrogens with zero attached hydrogens (tertiary/aromatic N) is 6. The Balaban J connectivity index is 0.00000104. The molecule has 0 radical (unpaired) electrons. The first kappa shape index (κ1) is 36.7. The number of aromatic nitrogens is 5. The highest BCUT2D eigenvalue weighted by atomic mass is 32.1. The Bertz CT molecular complexity index is 1630. The molecular formula is C29H42FN6O6PS. The van der Waals surface area contributed by atoms with Gasteiger partial charge in [0.15, 0.2) is 0 Å². The summed E-state index contributed by atoms with van der Waals surface area (Å²) in [7, 11) is 3.05. The molecule has 44 heavy (non-hydrogen) atoms. The molecule has 1 atom stereocenters. The van der Waals surface area contributed by atoms with Crippen molar-refractivity contribution in [3.05, 3.63) is 68.4 Å². The van der Waals surface area contributed by atoms with E-state index in [1.54, 1.807) is 18.9 Å². The van der Waals surface area contributed by atoms with Gasteiger partial charge in [0.05, 0.1) is 38.1 Å². The van der Waals surface area contributed by atoms with Crippen LogP contribution in [0.4, 0.5) is 4.39 Å². The molecule has 1 N–H and O–H groups in total. The van der Waals surface area contributed by atoms with Gasteiger partial charge in [0, 0.05) is 31.8 Å². The van der Waals surface area contributed by atoms with E-state index in [1.165, 1.54) is 58.4 Å². The number of ether oxygens (including phenoxy) is 2. The molecule has 0 aliphatic carbocycles. The van der Waals surface area contributed by atoms with E-state index in [0.29, 0.717) is 45.2 Å². The number of fused-ring (bicyclic) bond motifs is 1. The number of hydrogen-bond donors (Lipinski definition) is 1. The highest BCUT2D eigenvalue weighted by molar-refractivity contribution is 7.21. The number of hydrogen-bond acceptors (Lipinski definition) is 9. The molecule has 0 aliphatic heterocycles. The maximum atomic E-state index is 14.0. The lowest BCUT2D eigenvalue weighted by molar-refractivity contribution is -0.133. The second-order valence-electron chi connectivity index (χ2n) is 9.96. The van der Waals surface area contributed by atoms with Crippen LogP contribution in [0, 0.1) is 12.7 Å².